The average Bonchev–Trinajstić information content (AvgIpc) is 3.25. The van der Waals surface area contributed by atoms with Crippen molar-refractivity contribution in [2.24, 2.45) is 4.99 Å². The fraction of sp³-hybridized carbons (Fsp3) is 0.545. The molecule has 0 unspecified atom stereocenters. The lowest BCUT2D eigenvalue weighted by Crippen LogP contribution is -2.48. The number of aromatic nitrogens is 1. The summed E-state index contributed by atoms with van der Waals surface area (Å²) in [5, 5.41) is 8.14. The van der Waals surface area contributed by atoms with Gasteiger partial charge in [0.2, 0.25) is 0 Å². The van der Waals surface area contributed by atoms with E-state index in [1.807, 2.05) is 25.4 Å². The number of hydrogen-bond donors (Lipinski definition) is 2. The number of aryl methyl sites for hydroxylation is 1. The van der Waals surface area contributed by atoms with Gasteiger partial charge in [-0.2, -0.15) is 0 Å². The molecule has 1 aliphatic heterocycles. The Kier molecular flexibility index (Phi) is 7.89. The van der Waals surface area contributed by atoms with E-state index in [0.29, 0.717) is 0 Å². The molecule has 1 saturated heterocycles. The maximum Gasteiger partial charge on any atom is 0.191 e. The van der Waals surface area contributed by atoms with Gasteiger partial charge in [0.15, 0.2) is 5.96 Å². The molecule has 1 fully saturated rings. The normalized spacial score (nSPS) is 16.4. The fourth-order valence-corrected chi connectivity index (χ4v) is 4.52. The molecule has 0 amide bonds. The van der Waals surface area contributed by atoms with Gasteiger partial charge in [-0.3, -0.25) is 4.99 Å². The predicted molar refractivity (Wildman–Crippen MR) is 119 cm³/mol. The van der Waals surface area contributed by atoms with Crippen LogP contribution in [0, 0.1) is 0 Å². The summed E-state index contributed by atoms with van der Waals surface area (Å²) >= 11 is 1.79. The molecular weight excluding hydrogens is 384 g/mol. The van der Waals surface area contributed by atoms with Gasteiger partial charge in [-0.1, -0.05) is 19.1 Å². The van der Waals surface area contributed by atoms with Crippen molar-refractivity contribution in [2.75, 3.05) is 40.5 Å². The molecule has 0 atom stereocenters. The Balaban J connectivity index is 1.58. The minimum absolute atomic E-state index is 0.0352. The number of aliphatic imine (C=N–C) groups is 1. The van der Waals surface area contributed by atoms with Gasteiger partial charge >= 0.3 is 0 Å². The quantitative estimate of drug-likeness (QED) is 0.511. The van der Waals surface area contributed by atoms with E-state index in [4.69, 9.17) is 9.47 Å². The van der Waals surface area contributed by atoms with E-state index in [-0.39, 0.29) is 5.41 Å². The highest BCUT2D eigenvalue weighted by molar-refractivity contribution is 7.11. The third-order valence-corrected chi connectivity index (χ3v) is 6.75. The molecule has 0 radical (unpaired) electrons. The molecule has 2 aromatic rings. The number of nitrogens with zero attached hydrogens (tertiary/aromatic N) is 2. The van der Waals surface area contributed by atoms with Gasteiger partial charge in [0, 0.05) is 56.3 Å². The van der Waals surface area contributed by atoms with Crippen molar-refractivity contribution in [3.05, 3.63) is 45.9 Å². The molecule has 0 saturated carbocycles. The summed E-state index contributed by atoms with van der Waals surface area (Å²) in [6.07, 6.45) is 5.91. The summed E-state index contributed by atoms with van der Waals surface area (Å²) in [6.45, 7) is 5.36. The first-order chi connectivity index (χ1) is 14.2. The second kappa shape index (κ2) is 10.6. The Bertz CT molecular complexity index is 782. The van der Waals surface area contributed by atoms with Crippen molar-refractivity contribution in [2.45, 2.75) is 38.0 Å². The molecular formula is C22H32N4O2S. The van der Waals surface area contributed by atoms with Gasteiger partial charge in [-0.15, -0.1) is 11.3 Å². The van der Waals surface area contributed by atoms with Gasteiger partial charge in [0.25, 0.3) is 0 Å². The van der Waals surface area contributed by atoms with E-state index in [1.165, 1.54) is 15.4 Å². The lowest BCUT2D eigenvalue weighted by Gasteiger charge is -2.38. The third-order valence-electron chi connectivity index (χ3n) is 5.55. The molecule has 7 heteroatoms. The Labute approximate surface area is 177 Å². The molecule has 1 aromatic carbocycles. The lowest BCUT2D eigenvalue weighted by atomic mass is 9.74. The summed E-state index contributed by atoms with van der Waals surface area (Å²) in [5.41, 5.74) is 1.35. The third kappa shape index (κ3) is 5.70. The van der Waals surface area contributed by atoms with Gasteiger partial charge in [0.1, 0.15) is 5.75 Å². The predicted octanol–water partition coefficient (Wildman–Crippen LogP) is 3.17. The van der Waals surface area contributed by atoms with E-state index in [0.717, 1.165) is 63.7 Å². The number of ether oxygens (including phenoxy) is 2. The molecule has 2 heterocycles. The Morgan fingerprint density at radius 2 is 2.00 bits per heavy atom. The number of thiazole rings is 1. The standard InChI is InChI=1S/C22H32N4O2S/c1-4-19-15-25-20(29-19)9-12-24-21(23-2)26-16-22(10-13-28-14-11-22)17-5-7-18(27-3)8-6-17/h5-8,15H,4,9-14,16H2,1-3H3,(H2,23,24,26). The first kappa shape index (κ1) is 21.6. The average molecular weight is 417 g/mol. The molecule has 1 aliphatic rings. The zero-order chi connectivity index (χ0) is 20.5. The molecule has 158 valence electrons. The van der Waals surface area contributed by atoms with Gasteiger partial charge in [-0.25, -0.2) is 4.98 Å². The number of nitrogens with one attached hydrogen (secondary N) is 2. The second-order valence-corrected chi connectivity index (χ2v) is 8.50. The topological polar surface area (TPSA) is 67.8 Å². The molecule has 2 N–H and O–H groups in total. The number of benzene rings is 1. The summed E-state index contributed by atoms with van der Waals surface area (Å²) < 4.78 is 11.0. The highest BCUT2D eigenvalue weighted by atomic mass is 32.1. The van der Waals surface area contributed by atoms with Gasteiger partial charge < -0.3 is 20.1 Å². The SMILES string of the molecule is CCc1cnc(CCNC(=NC)NCC2(c3ccc(OC)cc3)CCOCC2)s1. The Morgan fingerprint density at radius 3 is 2.62 bits per heavy atom. The summed E-state index contributed by atoms with van der Waals surface area (Å²) in [4.78, 5) is 10.2. The largest absolute Gasteiger partial charge is 0.497 e. The molecule has 3 rings (SSSR count). The highest BCUT2D eigenvalue weighted by Gasteiger charge is 2.34. The highest BCUT2D eigenvalue weighted by Crippen LogP contribution is 2.35. The van der Waals surface area contributed by atoms with Gasteiger partial charge in [-0.05, 0) is 37.0 Å². The maximum atomic E-state index is 5.65. The van der Waals surface area contributed by atoms with Crippen LogP contribution in [-0.2, 0) is 23.0 Å². The molecule has 29 heavy (non-hydrogen) atoms. The van der Waals surface area contributed by atoms with Crippen LogP contribution >= 0.6 is 11.3 Å². The second-order valence-electron chi connectivity index (χ2n) is 7.30. The minimum atomic E-state index is 0.0352. The van der Waals surface area contributed by atoms with Crippen LogP contribution in [0.25, 0.3) is 0 Å². The van der Waals surface area contributed by atoms with E-state index in [1.54, 1.807) is 18.4 Å². The van der Waals surface area contributed by atoms with Crippen LogP contribution in [0.4, 0.5) is 0 Å². The van der Waals surface area contributed by atoms with Crippen LogP contribution in [0.2, 0.25) is 0 Å². The van der Waals surface area contributed by atoms with Crippen molar-refractivity contribution in [3.63, 3.8) is 0 Å². The molecule has 1 aromatic heterocycles. The van der Waals surface area contributed by atoms with Crippen LogP contribution < -0.4 is 15.4 Å². The van der Waals surface area contributed by atoms with E-state index in [9.17, 15) is 0 Å². The Hall–Kier alpha value is -2.12. The zero-order valence-corrected chi connectivity index (χ0v) is 18.5. The van der Waals surface area contributed by atoms with Crippen molar-refractivity contribution >= 4 is 17.3 Å². The van der Waals surface area contributed by atoms with Crippen LogP contribution in [0.15, 0.2) is 35.5 Å². The minimum Gasteiger partial charge on any atom is -0.497 e. The number of hydrogen-bond acceptors (Lipinski definition) is 5. The summed E-state index contributed by atoms with van der Waals surface area (Å²) in [7, 11) is 3.52. The first-order valence-electron chi connectivity index (χ1n) is 10.3. The molecule has 0 spiro atoms. The molecule has 6 nitrogen and oxygen atoms in total. The van der Waals surface area contributed by atoms with Crippen molar-refractivity contribution in [1.82, 2.24) is 15.6 Å². The zero-order valence-electron chi connectivity index (χ0n) is 17.7. The number of rotatable bonds is 8. The van der Waals surface area contributed by atoms with Crippen molar-refractivity contribution < 1.29 is 9.47 Å². The van der Waals surface area contributed by atoms with Crippen LogP contribution in [0.1, 0.15) is 35.2 Å². The maximum absolute atomic E-state index is 5.65. The van der Waals surface area contributed by atoms with Crippen LogP contribution in [0.3, 0.4) is 0 Å². The number of guanidine groups is 1. The summed E-state index contributed by atoms with van der Waals surface area (Å²) in [5.74, 6) is 1.71. The van der Waals surface area contributed by atoms with E-state index >= 15 is 0 Å². The Morgan fingerprint density at radius 1 is 1.24 bits per heavy atom. The lowest BCUT2D eigenvalue weighted by molar-refractivity contribution is 0.0513. The van der Waals surface area contributed by atoms with Gasteiger partial charge in [0.05, 0.1) is 12.1 Å². The number of methoxy groups -OCH3 is 1. The summed E-state index contributed by atoms with van der Waals surface area (Å²) in [6, 6.07) is 8.43. The van der Waals surface area contributed by atoms with Crippen molar-refractivity contribution in [3.8, 4) is 5.75 Å². The molecule has 0 bridgehead atoms. The van der Waals surface area contributed by atoms with E-state index < -0.39 is 0 Å². The fourth-order valence-electron chi connectivity index (χ4n) is 3.66. The van der Waals surface area contributed by atoms with Crippen molar-refractivity contribution in [1.29, 1.82) is 0 Å². The van der Waals surface area contributed by atoms with E-state index in [2.05, 4.69) is 39.7 Å². The first-order valence-corrected chi connectivity index (χ1v) is 11.1. The smallest absolute Gasteiger partial charge is 0.191 e. The molecule has 0 aliphatic carbocycles. The van der Waals surface area contributed by atoms with Crippen LogP contribution in [-0.4, -0.2) is 51.4 Å². The monoisotopic (exact) mass is 416 g/mol. The van der Waals surface area contributed by atoms with Crippen LogP contribution in [0.5, 0.6) is 5.75 Å².